The molecule has 0 bridgehead atoms. The van der Waals surface area contributed by atoms with Crippen LogP contribution in [0.4, 0.5) is 11.5 Å². The van der Waals surface area contributed by atoms with E-state index in [0.717, 1.165) is 11.5 Å². The molecule has 2 aromatic carbocycles. The van der Waals surface area contributed by atoms with E-state index in [9.17, 15) is 18.5 Å². The van der Waals surface area contributed by atoms with Crippen LogP contribution < -0.4 is 9.62 Å². The van der Waals surface area contributed by atoms with Gasteiger partial charge in [-0.1, -0.05) is 30.3 Å². The van der Waals surface area contributed by atoms with Gasteiger partial charge >= 0.3 is 0 Å². The molecule has 1 fully saturated rings. The highest BCUT2D eigenvalue weighted by molar-refractivity contribution is 7.89. The summed E-state index contributed by atoms with van der Waals surface area (Å²) < 4.78 is 28.0. The van der Waals surface area contributed by atoms with Gasteiger partial charge in [0.15, 0.2) is 5.82 Å². The fourth-order valence-corrected chi connectivity index (χ4v) is 5.04. The van der Waals surface area contributed by atoms with E-state index in [1.165, 1.54) is 12.1 Å². The van der Waals surface area contributed by atoms with Crippen molar-refractivity contribution < 1.29 is 13.3 Å². The summed E-state index contributed by atoms with van der Waals surface area (Å²) in [6.45, 7) is 3.12. The monoisotopic (exact) mass is 453 g/mol. The van der Waals surface area contributed by atoms with E-state index in [1.54, 1.807) is 42.5 Å². The summed E-state index contributed by atoms with van der Waals surface area (Å²) in [5.74, 6) is 1.15. The molecule has 0 amide bonds. The second kappa shape index (κ2) is 9.01. The fourth-order valence-electron chi connectivity index (χ4n) is 3.72. The van der Waals surface area contributed by atoms with Crippen LogP contribution in [0.2, 0.25) is 0 Å². The predicted molar refractivity (Wildman–Crippen MR) is 121 cm³/mol. The second-order valence-electron chi connectivity index (χ2n) is 7.69. The molecule has 32 heavy (non-hydrogen) atoms. The molecule has 0 unspecified atom stereocenters. The van der Waals surface area contributed by atoms with Crippen molar-refractivity contribution in [2.24, 2.45) is 0 Å². The van der Waals surface area contributed by atoms with Crippen LogP contribution in [0.3, 0.4) is 0 Å². The van der Waals surface area contributed by atoms with Gasteiger partial charge in [0, 0.05) is 48.6 Å². The molecule has 3 aromatic rings. The molecule has 10 heteroatoms. The van der Waals surface area contributed by atoms with Gasteiger partial charge in [-0.3, -0.25) is 10.1 Å². The topological polar surface area (TPSA) is 118 Å². The number of non-ortho nitro benzene ring substituents is 1. The minimum atomic E-state index is -3.55. The zero-order valence-electron chi connectivity index (χ0n) is 17.5. The van der Waals surface area contributed by atoms with Crippen LogP contribution in [0.5, 0.6) is 0 Å². The third-order valence-corrected chi connectivity index (χ3v) is 6.89. The van der Waals surface area contributed by atoms with Crippen molar-refractivity contribution in [3.8, 4) is 11.4 Å². The average molecular weight is 454 g/mol. The van der Waals surface area contributed by atoms with Gasteiger partial charge in [0.25, 0.3) is 5.69 Å². The molecular weight excluding hydrogens is 430 g/mol. The van der Waals surface area contributed by atoms with Gasteiger partial charge in [-0.25, -0.2) is 23.1 Å². The van der Waals surface area contributed by atoms with Crippen LogP contribution >= 0.6 is 0 Å². The summed E-state index contributed by atoms with van der Waals surface area (Å²) in [5, 5.41) is 11.1. The Bertz CT molecular complexity index is 1230. The minimum absolute atomic E-state index is 0.0133. The van der Waals surface area contributed by atoms with Crippen molar-refractivity contribution in [2.45, 2.75) is 30.7 Å². The smallest absolute Gasteiger partial charge is 0.270 e. The van der Waals surface area contributed by atoms with Crippen molar-refractivity contribution in [1.29, 1.82) is 0 Å². The number of piperidine rings is 1. The van der Waals surface area contributed by atoms with E-state index in [2.05, 4.69) is 19.6 Å². The number of sulfonamides is 1. The van der Waals surface area contributed by atoms with E-state index < -0.39 is 14.9 Å². The highest BCUT2D eigenvalue weighted by atomic mass is 32.2. The molecule has 0 spiro atoms. The lowest BCUT2D eigenvalue weighted by Crippen LogP contribution is -2.44. The van der Waals surface area contributed by atoms with Crippen LogP contribution in [0.25, 0.3) is 11.4 Å². The van der Waals surface area contributed by atoms with Crippen molar-refractivity contribution in [3.05, 3.63) is 76.5 Å². The Morgan fingerprint density at radius 1 is 1.03 bits per heavy atom. The molecule has 4 rings (SSSR count). The first-order valence-corrected chi connectivity index (χ1v) is 11.7. The summed E-state index contributed by atoms with van der Waals surface area (Å²) in [6.07, 6.45) is 1.28. The van der Waals surface area contributed by atoms with Crippen molar-refractivity contribution in [1.82, 2.24) is 14.7 Å². The van der Waals surface area contributed by atoms with Crippen molar-refractivity contribution in [3.63, 3.8) is 0 Å². The number of benzene rings is 2. The normalized spacial score (nSPS) is 15.0. The molecule has 1 N–H and O–H groups in total. The second-order valence-corrected chi connectivity index (χ2v) is 9.41. The molecule has 0 aliphatic carbocycles. The highest BCUT2D eigenvalue weighted by Crippen LogP contribution is 2.25. The van der Waals surface area contributed by atoms with Gasteiger partial charge in [0.1, 0.15) is 5.82 Å². The minimum Gasteiger partial charge on any atom is -0.356 e. The first-order valence-electron chi connectivity index (χ1n) is 10.2. The summed E-state index contributed by atoms with van der Waals surface area (Å²) >= 11 is 0. The third-order valence-electron chi connectivity index (χ3n) is 5.35. The molecule has 9 nitrogen and oxygen atoms in total. The maximum atomic E-state index is 12.6. The summed E-state index contributed by atoms with van der Waals surface area (Å²) in [6, 6.07) is 16.3. The maximum absolute atomic E-state index is 12.6. The van der Waals surface area contributed by atoms with Crippen LogP contribution in [0.1, 0.15) is 18.5 Å². The number of aromatic nitrogens is 2. The summed E-state index contributed by atoms with van der Waals surface area (Å²) in [4.78, 5) is 22.1. The fraction of sp³-hybridized carbons (Fsp3) is 0.273. The molecule has 2 heterocycles. The Balaban J connectivity index is 1.47. The molecule has 1 aliphatic rings. The third kappa shape index (κ3) is 4.92. The van der Waals surface area contributed by atoms with E-state index in [0.29, 0.717) is 37.3 Å². The van der Waals surface area contributed by atoms with Crippen LogP contribution in [0.15, 0.2) is 65.6 Å². The van der Waals surface area contributed by atoms with Crippen molar-refractivity contribution >= 4 is 21.5 Å². The molecule has 1 saturated heterocycles. The first-order chi connectivity index (χ1) is 15.3. The first kappa shape index (κ1) is 21.8. The average Bonchev–Trinajstić information content (AvgIpc) is 2.79. The molecule has 0 atom stereocenters. The molecular formula is C22H23N5O4S. The van der Waals surface area contributed by atoms with E-state index >= 15 is 0 Å². The van der Waals surface area contributed by atoms with Gasteiger partial charge in [-0.15, -0.1) is 0 Å². The summed E-state index contributed by atoms with van der Waals surface area (Å²) in [7, 11) is -3.55. The van der Waals surface area contributed by atoms with Crippen LogP contribution in [-0.4, -0.2) is 42.4 Å². The Morgan fingerprint density at radius 2 is 1.75 bits per heavy atom. The Labute approximate surface area is 186 Å². The van der Waals surface area contributed by atoms with Gasteiger partial charge in [-0.05, 0) is 31.9 Å². The van der Waals surface area contributed by atoms with Gasteiger partial charge in [-0.2, -0.15) is 0 Å². The van der Waals surface area contributed by atoms with E-state index in [4.69, 9.17) is 0 Å². The molecule has 166 valence electrons. The molecule has 0 saturated carbocycles. The number of nitrogens with zero attached hydrogens (tertiary/aromatic N) is 4. The number of nitrogens with one attached hydrogen (secondary N) is 1. The summed E-state index contributed by atoms with van der Waals surface area (Å²) in [5.41, 5.74) is 1.32. The van der Waals surface area contributed by atoms with Gasteiger partial charge < -0.3 is 4.90 Å². The zero-order chi connectivity index (χ0) is 22.7. The zero-order valence-corrected chi connectivity index (χ0v) is 18.3. The number of aryl methyl sites for hydroxylation is 1. The maximum Gasteiger partial charge on any atom is 0.270 e. The standard InChI is InChI=1S/C22H23N5O4S/c1-16-14-21(24-22(23-16)17-6-5-7-19(15-17)27(28)29)26-12-10-18(11-13-26)25-32(30,31)20-8-3-2-4-9-20/h2-9,14-15,18,25H,10-13H2,1H3. The van der Waals surface area contributed by atoms with Gasteiger partial charge in [0.2, 0.25) is 10.0 Å². The SMILES string of the molecule is Cc1cc(N2CCC(NS(=O)(=O)c3ccccc3)CC2)nc(-c2cccc([N+](=O)[O-])c2)n1. The van der Waals surface area contributed by atoms with Crippen LogP contribution in [-0.2, 0) is 10.0 Å². The molecule has 1 aromatic heterocycles. The number of hydrogen-bond donors (Lipinski definition) is 1. The van der Waals surface area contributed by atoms with Gasteiger partial charge in [0.05, 0.1) is 9.82 Å². The number of nitro groups is 1. The highest BCUT2D eigenvalue weighted by Gasteiger charge is 2.25. The number of nitro benzene ring substituents is 1. The number of anilines is 1. The Kier molecular flexibility index (Phi) is 6.15. The van der Waals surface area contributed by atoms with E-state index in [-0.39, 0.29) is 16.6 Å². The molecule has 1 aliphatic heterocycles. The largest absolute Gasteiger partial charge is 0.356 e. The van der Waals surface area contributed by atoms with E-state index in [1.807, 2.05) is 13.0 Å². The Morgan fingerprint density at radius 3 is 2.44 bits per heavy atom. The number of hydrogen-bond acceptors (Lipinski definition) is 7. The van der Waals surface area contributed by atoms with Crippen molar-refractivity contribution in [2.75, 3.05) is 18.0 Å². The molecule has 0 radical (unpaired) electrons. The Hall–Kier alpha value is -3.37. The number of rotatable bonds is 6. The lowest BCUT2D eigenvalue weighted by molar-refractivity contribution is -0.384. The quantitative estimate of drug-likeness (QED) is 0.449. The van der Waals surface area contributed by atoms with Crippen LogP contribution in [0, 0.1) is 17.0 Å². The lowest BCUT2D eigenvalue weighted by atomic mass is 10.1. The predicted octanol–water partition coefficient (Wildman–Crippen LogP) is 3.31. The lowest BCUT2D eigenvalue weighted by Gasteiger charge is -2.33.